The lowest BCUT2D eigenvalue weighted by Crippen LogP contribution is -2.55. The average molecular weight is 748 g/mol. The first-order chi connectivity index (χ1) is 23.1. The minimum Gasteiger partial charge on any atom is -0.352 e. The Morgan fingerprint density at radius 1 is 0.750 bits per heavy atom. The lowest BCUT2D eigenvalue weighted by atomic mass is 9.94. The van der Waals surface area contributed by atoms with Crippen LogP contribution in [0.3, 0.4) is 0 Å². The molecule has 48 heavy (non-hydrogen) atoms. The topological polar surface area (TPSA) is 86.8 Å². The van der Waals surface area contributed by atoms with Gasteiger partial charge in [0, 0.05) is 34.6 Å². The standard InChI is InChI=1S/C36H35Cl4N3O4S/c37-29-18-10-19-30(38)28(29)23-42(33(22-25-12-4-1-5-13-25)36(45)41-26-14-6-2-7-15-26)34(44)24-43(32-21-11-20-31(39)35(32)40)48(46,47)27-16-8-3-9-17-27/h1,3-5,8-13,16-21,26,33H,2,6-7,14-15,22-24H2,(H,41,45)/t33-/m0/s1. The van der Waals surface area contributed by atoms with Gasteiger partial charge < -0.3 is 10.2 Å². The lowest BCUT2D eigenvalue weighted by Gasteiger charge is -2.35. The van der Waals surface area contributed by atoms with Gasteiger partial charge in [0.05, 0.1) is 20.6 Å². The van der Waals surface area contributed by atoms with Gasteiger partial charge >= 0.3 is 0 Å². The van der Waals surface area contributed by atoms with E-state index in [1.54, 1.807) is 42.5 Å². The lowest BCUT2D eigenvalue weighted by molar-refractivity contribution is -0.140. The molecule has 0 saturated heterocycles. The molecular weight excluding hydrogens is 712 g/mol. The normalized spacial score (nSPS) is 14.2. The minimum atomic E-state index is -4.35. The summed E-state index contributed by atoms with van der Waals surface area (Å²) in [5.41, 5.74) is 1.26. The summed E-state index contributed by atoms with van der Waals surface area (Å²) in [6.07, 6.45) is 4.94. The van der Waals surface area contributed by atoms with Crippen LogP contribution in [0.4, 0.5) is 5.69 Å². The maximum Gasteiger partial charge on any atom is 0.264 e. The predicted octanol–water partition coefficient (Wildman–Crippen LogP) is 8.58. The zero-order valence-electron chi connectivity index (χ0n) is 26.0. The smallest absolute Gasteiger partial charge is 0.264 e. The summed E-state index contributed by atoms with van der Waals surface area (Å²) in [5.74, 6) is -1.01. The number of nitrogens with one attached hydrogen (secondary N) is 1. The molecule has 0 heterocycles. The fraction of sp³-hybridized carbons (Fsp3) is 0.278. The summed E-state index contributed by atoms with van der Waals surface area (Å²) in [5, 5.41) is 3.86. The van der Waals surface area contributed by atoms with Crippen LogP contribution in [-0.4, -0.2) is 43.8 Å². The first kappa shape index (κ1) is 36.0. The van der Waals surface area contributed by atoms with E-state index in [0.717, 1.165) is 42.0 Å². The van der Waals surface area contributed by atoms with Crippen LogP contribution in [-0.2, 0) is 32.6 Å². The molecule has 4 aromatic rings. The minimum absolute atomic E-state index is 0.0170. The number of hydrogen-bond donors (Lipinski definition) is 1. The summed E-state index contributed by atoms with van der Waals surface area (Å²) >= 11 is 26.1. The summed E-state index contributed by atoms with van der Waals surface area (Å²) in [6, 6.07) is 25.6. The number of anilines is 1. The molecule has 1 saturated carbocycles. The number of sulfonamides is 1. The predicted molar refractivity (Wildman–Crippen MR) is 193 cm³/mol. The molecule has 0 bridgehead atoms. The van der Waals surface area contributed by atoms with E-state index in [1.165, 1.54) is 29.2 Å². The largest absolute Gasteiger partial charge is 0.352 e. The Morgan fingerprint density at radius 2 is 1.33 bits per heavy atom. The van der Waals surface area contributed by atoms with Crippen LogP contribution in [0, 0.1) is 0 Å². The molecule has 12 heteroatoms. The number of carbonyl (C=O) groups is 2. The molecule has 1 atom stereocenters. The van der Waals surface area contributed by atoms with E-state index in [0.29, 0.717) is 15.6 Å². The average Bonchev–Trinajstić information content (AvgIpc) is 3.09. The van der Waals surface area contributed by atoms with Crippen molar-refractivity contribution in [1.29, 1.82) is 0 Å². The summed E-state index contributed by atoms with van der Waals surface area (Å²) in [7, 11) is -4.35. The van der Waals surface area contributed by atoms with Crippen LogP contribution in [0.5, 0.6) is 0 Å². The van der Waals surface area contributed by atoms with Gasteiger partial charge in [0.25, 0.3) is 10.0 Å². The van der Waals surface area contributed by atoms with E-state index >= 15 is 0 Å². The quantitative estimate of drug-likeness (QED) is 0.157. The van der Waals surface area contributed by atoms with Crippen molar-refractivity contribution in [2.45, 2.75) is 62.0 Å². The number of carbonyl (C=O) groups excluding carboxylic acids is 2. The summed E-state index contributed by atoms with van der Waals surface area (Å²) < 4.78 is 29.3. The van der Waals surface area contributed by atoms with Crippen molar-refractivity contribution in [3.8, 4) is 0 Å². The SMILES string of the molecule is O=C(NC1CCCCC1)[C@H](Cc1ccccc1)N(Cc1c(Cl)cccc1Cl)C(=O)CN(c1cccc(Cl)c1Cl)S(=O)(=O)c1ccccc1. The molecule has 1 N–H and O–H groups in total. The van der Waals surface area contributed by atoms with Crippen molar-refractivity contribution < 1.29 is 18.0 Å². The third-order valence-electron chi connectivity index (χ3n) is 8.42. The molecule has 5 rings (SSSR count). The Labute approximate surface area is 301 Å². The Hall–Kier alpha value is -3.27. The van der Waals surface area contributed by atoms with Crippen LogP contribution in [0.2, 0.25) is 20.1 Å². The van der Waals surface area contributed by atoms with E-state index < -0.39 is 28.5 Å². The van der Waals surface area contributed by atoms with Crippen LogP contribution in [0.25, 0.3) is 0 Å². The zero-order valence-corrected chi connectivity index (χ0v) is 29.8. The maximum atomic E-state index is 14.7. The highest BCUT2D eigenvalue weighted by Crippen LogP contribution is 2.36. The van der Waals surface area contributed by atoms with E-state index in [1.807, 2.05) is 30.3 Å². The molecular formula is C36H35Cl4N3O4S. The van der Waals surface area contributed by atoms with E-state index in [9.17, 15) is 18.0 Å². The first-order valence-electron chi connectivity index (χ1n) is 15.6. The molecule has 252 valence electrons. The van der Waals surface area contributed by atoms with Crippen LogP contribution in [0.1, 0.15) is 43.2 Å². The fourth-order valence-electron chi connectivity index (χ4n) is 5.87. The molecule has 2 amide bonds. The third kappa shape index (κ3) is 8.65. The van der Waals surface area contributed by atoms with Gasteiger partial charge in [-0.15, -0.1) is 0 Å². The van der Waals surface area contributed by atoms with Crippen molar-refractivity contribution in [2.24, 2.45) is 0 Å². The maximum absolute atomic E-state index is 14.7. The molecule has 0 aromatic heterocycles. The number of nitrogens with zero attached hydrogens (tertiary/aromatic N) is 2. The zero-order chi connectivity index (χ0) is 34.3. The highest BCUT2D eigenvalue weighted by molar-refractivity contribution is 7.92. The molecule has 1 aliphatic rings. The third-order valence-corrected chi connectivity index (χ3v) is 11.7. The van der Waals surface area contributed by atoms with Gasteiger partial charge in [-0.1, -0.05) is 126 Å². The fourth-order valence-corrected chi connectivity index (χ4v) is 8.28. The van der Waals surface area contributed by atoms with Gasteiger partial charge in [0.15, 0.2) is 0 Å². The summed E-state index contributed by atoms with van der Waals surface area (Å²) in [4.78, 5) is 30.3. The monoisotopic (exact) mass is 745 g/mol. The molecule has 0 radical (unpaired) electrons. The second kappa shape index (κ2) is 16.4. The van der Waals surface area contributed by atoms with Gasteiger partial charge in [-0.05, 0) is 54.8 Å². The van der Waals surface area contributed by atoms with Gasteiger partial charge in [-0.2, -0.15) is 0 Å². The molecule has 0 unspecified atom stereocenters. The molecule has 1 aliphatic carbocycles. The van der Waals surface area contributed by atoms with Gasteiger partial charge in [0.1, 0.15) is 12.6 Å². The van der Waals surface area contributed by atoms with E-state index in [-0.39, 0.29) is 45.5 Å². The molecule has 1 fully saturated rings. The van der Waals surface area contributed by atoms with Crippen molar-refractivity contribution in [3.05, 3.63) is 128 Å². The van der Waals surface area contributed by atoms with Crippen molar-refractivity contribution in [2.75, 3.05) is 10.8 Å². The number of rotatable bonds is 12. The molecule has 0 aliphatic heterocycles. The molecule has 4 aromatic carbocycles. The Bertz CT molecular complexity index is 1820. The Kier molecular flexibility index (Phi) is 12.3. The van der Waals surface area contributed by atoms with Crippen LogP contribution < -0.4 is 9.62 Å². The summed E-state index contributed by atoms with van der Waals surface area (Å²) in [6.45, 7) is -0.850. The Balaban J connectivity index is 1.61. The second-order valence-electron chi connectivity index (χ2n) is 11.7. The number of hydrogen-bond acceptors (Lipinski definition) is 4. The molecule has 0 spiro atoms. The molecule has 7 nitrogen and oxygen atoms in total. The number of benzene rings is 4. The van der Waals surface area contributed by atoms with Crippen molar-refractivity contribution >= 4 is 73.9 Å². The number of amides is 2. The Morgan fingerprint density at radius 3 is 1.98 bits per heavy atom. The van der Waals surface area contributed by atoms with E-state index in [4.69, 9.17) is 46.4 Å². The van der Waals surface area contributed by atoms with Crippen molar-refractivity contribution in [1.82, 2.24) is 10.2 Å². The number of halogens is 4. The van der Waals surface area contributed by atoms with Crippen molar-refractivity contribution in [3.63, 3.8) is 0 Å². The van der Waals surface area contributed by atoms with E-state index in [2.05, 4.69) is 5.32 Å². The van der Waals surface area contributed by atoms with Gasteiger partial charge in [-0.3, -0.25) is 13.9 Å². The first-order valence-corrected chi connectivity index (χ1v) is 18.6. The second-order valence-corrected chi connectivity index (χ2v) is 15.1. The highest BCUT2D eigenvalue weighted by atomic mass is 35.5. The van der Waals surface area contributed by atoms with Gasteiger partial charge in [-0.25, -0.2) is 8.42 Å². The van der Waals surface area contributed by atoms with Crippen LogP contribution >= 0.6 is 46.4 Å². The van der Waals surface area contributed by atoms with Crippen LogP contribution in [0.15, 0.2) is 102 Å². The highest BCUT2D eigenvalue weighted by Gasteiger charge is 2.36. The van der Waals surface area contributed by atoms with Gasteiger partial charge in [0.2, 0.25) is 11.8 Å².